The Labute approximate surface area is 195 Å². The molecule has 0 saturated heterocycles. The number of fused-ring (bicyclic) bond motifs is 4. The summed E-state index contributed by atoms with van der Waals surface area (Å²) in [7, 11) is 0. The zero-order chi connectivity index (χ0) is 22.6. The van der Waals surface area contributed by atoms with Gasteiger partial charge in [0.1, 0.15) is 5.76 Å². The third kappa shape index (κ3) is 3.11. The summed E-state index contributed by atoms with van der Waals surface area (Å²) < 4.78 is 7.88. The zero-order valence-corrected chi connectivity index (χ0v) is 19.8. The minimum atomic E-state index is -0.0410. The average Bonchev–Trinajstić information content (AvgIpc) is 3.40. The van der Waals surface area contributed by atoms with Gasteiger partial charge in [-0.15, -0.1) is 0 Å². The Kier molecular flexibility index (Phi) is 4.62. The summed E-state index contributed by atoms with van der Waals surface area (Å²) in [6.07, 6.45) is 8.53. The van der Waals surface area contributed by atoms with Gasteiger partial charge in [-0.2, -0.15) is 5.10 Å². The Morgan fingerprint density at radius 2 is 1.67 bits per heavy atom. The molecule has 4 nitrogen and oxygen atoms in total. The van der Waals surface area contributed by atoms with Gasteiger partial charge in [-0.25, -0.2) is 4.68 Å². The van der Waals surface area contributed by atoms with Crippen molar-refractivity contribution in [1.29, 1.82) is 0 Å². The lowest BCUT2D eigenvalue weighted by molar-refractivity contribution is 0.0954. The zero-order valence-electron chi connectivity index (χ0n) is 19.8. The van der Waals surface area contributed by atoms with Crippen molar-refractivity contribution < 1.29 is 4.52 Å². The number of hydrogen-bond donors (Lipinski definition) is 0. The van der Waals surface area contributed by atoms with E-state index in [1.807, 2.05) is 6.20 Å². The van der Waals surface area contributed by atoms with Gasteiger partial charge in [0.2, 0.25) is 0 Å². The van der Waals surface area contributed by atoms with Gasteiger partial charge in [0.25, 0.3) is 0 Å². The molecule has 6 rings (SSSR count). The van der Waals surface area contributed by atoms with Crippen LogP contribution in [0.2, 0.25) is 0 Å². The molecule has 2 aliphatic carbocycles. The number of nitrogens with zero attached hydrogens (tertiary/aromatic N) is 3. The summed E-state index contributed by atoms with van der Waals surface area (Å²) >= 11 is 0. The first-order valence-electron chi connectivity index (χ1n) is 12.2. The molecule has 2 aliphatic rings. The molecule has 2 aromatic carbocycles. The lowest BCUT2D eigenvalue weighted by atomic mass is 9.53. The van der Waals surface area contributed by atoms with Crippen LogP contribution < -0.4 is 0 Å². The molecule has 4 heteroatoms. The molecule has 168 valence electrons. The van der Waals surface area contributed by atoms with E-state index in [1.54, 1.807) is 0 Å². The molecule has 0 amide bonds. The molecule has 0 radical (unpaired) electrons. The van der Waals surface area contributed by atoms with Gasteiger partial charge in [0, 0.05) is 17.4 Å². The highest BCUT2D eigenvalue weighted by Gasteiger charge is 2.52. The van der Waals surface area contributed by atoms with Gasteiger partial charge in [0.15, 0.2) is 0 Å². The number of rotatable bonds is 2. The first-order chi connectivity index (χ1) is 16.0. The molecule has 0 bridgehead atoms. The Bertz CT molecular complexity index is 1300. The van der Waals surface area contributed by atoms with Crippen LogP contribution in [0.5, 0.6) is 0 Å². The van der Waals surface area contributed by atoms with Crippen LogP contribution in [0.4, 0.5) is 0 Å². The maximum absolute atomic E-state index is 5.64. The van der Waals surface area contributed by atoms with Crippen molar-refractivity contribution in [2.24, 2.45) is 5.41 Å². The Balaban J connectivity index is 1.49. The van der Waals surface area contributed by atoms with E-state index in [2.05, 4.69) is 85.2 Å². The fourth-order valence-electron chi connectivity index (χ4n) is 6.35. The molecule has 2 aromatic heterocycles. The molecule has 33 heavy (non-hydrogen) atoms. The molecular formula is C29H31N3O. The lowest BCUT2D eigenvalue weighted by Gasteiger charge is -2.51. The van der Waals surface area contributed by atoms with Crippen molar-refractivity contribution in [1.82, 2.24) is 14.9 Å². The lowest BCUT2D eigenvalue weighted by Crippen LogP contribution is -2.49. The largest absolute Gasteiger partial charge is 0.361 e. The minimum Gasteiger partial charge on any atom is -0.361 e. The Hall–Kier alpha value is -3.14. The van der Waals surface area contributed by atoms with Crippen molar-refractivity contribution in [3.63, 3.8) is 0 Å². The quantitative estimate of drug-likeness (QED) is 0.354. The predicted octanol–water partition coefficient (Wildman–Crippen LogP) is 6.62. The normalized spacial score (nSPS) is 24.3. The molecular weight excluding hydrogens is 406 g/mol. The second-order valence-corrected chi connectivity index (χ2v) is 10.4. The number of hydrogen-bond acceptors (Lipinski definition) is 3. The predicted molar refractivity (Wildman–Crippen MR) is 131 cm³/mol. The van der Waals surface area contributed by atoms with Crippen molar-refractivity contribution in [2.75, 3.05) is 0 Å². The van der Waals surface area contributed by atoms with E-state index in [1.165, 1.54) is 40.8 Å². The smallest absolute Gasteiger partial charge is 0.139 e. The molecule has 0 N–H and O–H groups in total. The number of benzene rings is 2. The minimum absolute atomic E-state index is 0.0410. The summed E-state index contributed by atoms with van der Waals surface area (Å²) in [5, 5.41) is 9.27. The second-order valence-electron chi connectivity index (χ2n) is 10.4. The molecule has 0 saturated carbocycles. The van der Waals surface area contributed by atoms with Gasteiger partial charge in [-0.3, -0.25) is 0 Å². The maximum Gasteiger partial charge on any atom is 0.139 e. The van der Waals surface area contributed by atoms with Gasteiger partial charge in [-0.1, -0.05) is 61.5 Å². The van der Waals surface area contributed by atoms with Crippen LogP contribution >= 0.6 is 0 Å². The van der Waals surface area contributed by atoms with E-state index >= 15 is 0 Å². The van der Waals surface area contributed by atoms with Crippen LogP contribution in [-0.2, 0) is 24.7 Å². The van der Waals surface area contributed by atoms with Gasteiger partial charge >= 0.3 is 0 Å². The van der Waals surface area contributed by atoms with Crippen LogP contribution in [0.3, 0.4) is 0 Å². The average molecular weight is 438 g/mol. The van der Waals surface area contributed by atoms with E-state index < -0.39 is 0 Å². The van der Waals surface area contributed by atoms with Crippen LogP contribution in [-0.4, -0.2) is 14.9 Å². The first-order valence-corrected chi connectivity index (χ1v) is 12.2. The van der Waals surface area contributed by atoms with E-state index in [-0.39, 0.29) is 10.8 Å². The third-order valence-electron chi connectivity index (χ3n) is 8.59. The van der Waals surface area contributed by atoms with E-state index in [0.717, 1.165) is 42.8 Å². The highest BCUT2D eigenvalue weighted by molar-refractivity contribution is 5.64. The van der Waals surface area contributed by atoms with Gasteiger partial charge in [0.05, 0.1) is 23.3 Å². The van der Waals surface area contributed by atoms with Gasteiger partial charge in [-0.05, 0) is 73.3 Å². The number of aryl methyl sites for hydroxylation is 2. The molecule has 0 fully saturated rings. The molecule has 2 atom stereocenters. The third-order valence-corrected chi connectivity index (χ3v) is 8.59. The van der Waals surface area contributed by atoms with Gasteiger partial charge < -0.3 is 4.52 Å². The first kappa shape index (κ1) is 20.5. The SMILES string of the molecule is Cc1nn(-c2ccc(-c3ccccc3)cc2)c2c1CC[C@]1(C)CCCc3oncc3C[C@@]21C. The Morgan fingerprint density at radius 1 is 0.909 bits per heavy atom. The molecule has 0 aliphatic heterocycles. The highest BCUT2D eigenvalue weighted by atomic mass is 16.5. The highest BCUT2D eigenvalue weighted by Crippen LogP contribution is 2.56. The van der Waals surface area contributed by atoms with Crippen LogP contribution in [0.25, 0.3) is 16.8 Å². The van der Waals surface area contributed by atoms with Crippen molar-refractivity contribution in [3.8, 4) is 16.8 Å². The van der Waals surface area contributed by atoms with E-state index in [9.17, 15) is 0 Å². The number of aromatic nitrogens is 3. The molecule has 0 spiro atoms. The van der Waals surface area contributed by atoms with Crippen LogP contribution in [0.15, 0.2) is 65.3 Å². The summed E-state index contributed by atoms with van der Waals surface area (Å²) in [6, 6.07) is 19.4. The summed E-state index contributed by atoms with van der Waals surface area (Å²) in [6.45, 7) is 7.14. The van der Waals surface area contributed by atoms with E-state index in [4.69, 9.17) is 9.62 Å². The summed E-state index contributed by atoms with van der Waals surface area (Å²) in [4.78, 5) is 0. The molecule has 4 aromatic rings. The van der Waals surface area contributed by atoms with E-state index in [0.29, 0.717) is 0 Å². The maximum atomic E-state index is 5.64. The Morgan fingerprint density at radius 3 is 2.45 bits per heavy atom. The topological polar surface area (TPSA) is 43.9 Å². The van der Waals surface area contributed by atoms with Crippen molar-refractivity contribution in [2.45, 2.75) is 64.7 Å². The monoisotopic (exact) mass is 437 g/mol. The second kappa shape index (κ2) is 7.44. The molecule has 2 heterocycles. The molecule has 0 unspecified atom stereocenters. The fraction of sp³-hybridized carbons (Fsp3) is 0.379. The van der Waals surface area contributed by atoms with Crippen molar-refractivity contribution in [3.05, 3.63) is 89.1 Å². The summed E-state index contributed by atoms with van der Waals surface area (Å²) in [5.74, 6) is 1.07. The van der Waals surface area contributed by atoms with Crippen LogP contribution in [0, 0.1) is 12.3 Å². The van der Waals surface area contributed by atoms with Crippen LogP contribution in [0.1, 0.15) is 61.4 Å². The van der Waals surface area contributed by atoms with Crippen molar-refractivity contribution >= 4 is 0 Å². The summed E-state index contributed by atoms with van der Waals surface area (Å²) in [5.41, 5.74) is 9.02. The fourth-order valence-corrected chi connectivity index (χ4v) is 6.35. The standard InChI is InChI=1S/C29H31N3O/c1-20-25-15-17-28(2)16-7-10-26-23(19-30-33-26)18-29(28,3)27(25)32(31-20)24-13-11-22(12-14-24)21-8-5-4-6-9-21/h4-6,8-9,11-14,19H,7,10,15-18H2,1-3H3/t28-,29-/m0/s1.